The van der Waals surface area contributed by atoms with Crippen molar-refractivity contribution >= 4 is 0 Å². The molecule has 1 aliphatic carbocycles. The van der Waals surface area contributed by atoms with Gasteiger partial charge in [-0.3, -0.25) is 0 Å². The van der Waals surface area contributed by atoms with Crippen LogP contribution in [0.3, 0.4) is 0 Å². The molecule has 0 spiro atoms. The molecule has 2 nitrogen and oxygen atoms in total. The fourth-order valence-electron chi connectivity index (χ4n) is 3.56. The maximum atomic E-state index is 12.6. The van der Waals surface area contributed by atoms with Crippen LogP contribution in [0.2, 0.25) is 0 Å². The van der Waals surface area contributed by atoms with Crippen molar-refractivity contribution in [1.82, 2.24) is 5.32 Å². The van der Waals surface area contributed by atoms with Crippen LogP contribution < -0.4 is 11.1 Å². The number of hydrogen-bond acceptors (Lipinski definition) is 2. The number of hydrogen-bond donors (Lipinski definition) is 2. The van der Waals surface area contributed by atoms with Gasteiger partial charge in [0, 0.05) is 19.1 Å². The first-order valence-electron chi connectivity index (χ1n) is 8.62. The Kier molecular flexibility index (Phi) is 5.45. The maximum Gasteiger partial charge on any atom is 0.416 e. The van der Waals surface area contributed by atoms with E-state index in [0.29, 0.717) is 19.0 Å². The molecule has 2 aromatic carbocycles. The van der Waals surface area contributed by atoms with Crippen molar-refractivity contribution in [2.75, 3.05) is 6.54 Å². The molecule has 0 bridgehead atoms. The third-order valence-corrected chi connectivity index (χ3v) is 4.91. The second-order valence-corrected chi connectivity index (χ2v) is 6.79. The summed E-state index contributed by atoms with van der Waals surface area (Å²) >= 11 is 0. The fourth-order valence-corrected chi connectivity index (χ4v) is 3.56. The Morgan fingerprint density at radius 3 is 2.12 bits per heavy atom. The lowest BCUT2D eigenvalue weighted by atomic mass is 9.96. The topological polar surface area (TPSA) is 38.0 Å². The van der Waals surface area contributed by atoms with E-state index in [-0.39, 0.29) is 6.04 Å². The number of halogens is 3. The average Bonchev–Trinajstić information content (AvgIpc) is 3.00. The highest BCUT2D eigenvalue weighted by Crippen LogP contribution is 2.30. The molecule has 0 fully saturated rings. The van der Waals surface area contributed by atoms with Crippen LogP contribution in [0, 0.1) is 5.92 Å². The Hall–Kier alpha value is -1.85. The summed E-state index contributed by atoms with van der Waals surface area (Å²) in [5.74, 6) is 0.575. The summed E-state index contributed by atoms with van der Waals surface area (Å²) in [6.45, 7) is 1.05. The minimum absolute atomic E-state index is 0.168. The molecule has 0 heterocycles. The Labute approximate surface area is 146 Å². The minimum atomic E-state index is -4.29. The lowest BCUT2D eigenvalue weighted by Crippen LogP contribution is -2.37. The van der Waals surface area contributed by atoms with E-state index in [9.17, 15) is 13.2 Å². The van der Waals surface area contributed by atoms with E-state index in [0.717, 1.165) is 37.0 Å². The van der Waals surface area contributed by atoms with E-state index in [2.05, 4.69) is 29.6 Å². The van der Waals surface area contributed by atoms with Gasteiger partial charge in [0.05, 0.1) is 5.56 Å². The molecule has 25 heavy (non-hydrogen) atoms. The van der Waals surface area contributed by atoms with Gasteiger partial charge in [0.1, 0.15) is 0 Å². The first-order chi connectivity index (χ1) is 12.0. The van der Waals surface area contributed by atoms with Gasteiger partial charge in [0.25, 0.3) is 0 Å². The van der Waals surface area contributed by atoms with Gasteiger partial charge < -0.3 is 11.1 Å². The standard InChI is InChI=1S/C20H23F3N2/c21-20(22,23)18-7-5-14(6-8-18)13-25-19(12-24)11-15-9-16-3-1-2-4-17(16)10-15/h1-8,15,19,25H,9-13,24H2. The van der Waals surface area contributed by atoms with Crippen molar-refractivity contribution in [3.8, 4) is 0 Å². The van der Waals surface area contributed by atoms with Crippen molar-refractivity contribution in [2.24, 2.45) is 11.7 Å². The van der Waals surface area contributed by atoms with Crippen molar-refractivity contribution in [1.29, 1.82) is 0 Å². The largest absolute Gasteiger partial charge is 0.416 e. The van der Waals surface area contributed by atoms with E-state index in [4.69, 9.17) is 5.73 Å². The SMILES string of the molecule is NCC(CC1Cc2ccccc2C1)NCc1ccc(C(F)(F)F)cc1. The van der Waals surface area contributed by atoms with Gasteiger partial charge in [-0.05, 0) is 54.0 Å². The highest BCUT2D eigenvalue weighted by atomic mass is 19.4. The van der Waals surface area contributed by atoms with Crippen molar-refractivity contribution in [3.63, 3.8) is 0 Å². The summed E-state index contributed by atoms with van der Waals surface area (Å²) in [5.41, 5.74) is 8.95. The number of nitrogens with one attached hydrogen (secondary N) is 1. The number of benzene rings is 2. The van der Waals surface area contributed by atoms with Gasteiger partial charge >= 0.3 is 6.18 Å². The number of alkyl halides is 3. The zero-order chi connectivity index (χ0) is 17.9. The summed E-state index contributed by atoms with van der Waals surface area (Å²) in [4.78, 5) is 0. The molecule has 3 N–H and O–H groups in total. The van der Waals surface area contributed by atoms with Crippen LogP contribution in [0.15, 0.2) is 48.5 Å². The predicted octanol–water partition coefficient (Wildman–Crippen LogP) is 3.93. The lowest BCUT2D eigenvalue weighted by molar-refractivity contribution is -0.137. The quantitative estimate of drug-likeness (QED) is 0.830. The van der Waals surface area contributed by atoms with Gasteiger partial charge in [-0.15, -0.1) is 0 Å². The Bertz CT molecular complexity index is 670. The van der Waals surface area contributed by atoms with Gasteiger partial charge in [0.15, 0.2) is 0 Å². The predicted molar refractivity (Wildman–Crippen MR) is 93.1 cm³/mol. The molecule has 0 amide bonds. The van der Waals surface area contributed by atoms with Crippen molar-refractivity contribution in [2.45, 2.75) is 38.0 Å². The highest BCUT2D eigenvalue weighted by molar-refractivity contribution is 5.32. The van der Waals surface area contributed by atoms with E-state index in [1.807, 2.05) is 0 Å². The highest BCUT2D eigenvalue weighted by Gasteiger charge is 2.30. The number of nitrogens with two attached hydrogens (primary N) is 1. The van der Waals surface area contributed by atoms with Gasteiger partial charge in [-0.2, -0.15) is 13.2 Å². The second kappa shape index (κ2) is 7.58. The molecule has 0 aliphatic heterocycles. The Morgan fingerprint density at radius 2 is 1.60 bits per heavy atom. The molecule has 1 unspecified atom stereocenters. The van der Waals surface area contributed by atoms with Crippen LogP contribution in [0.25, 0.3) is 0 Å². The summed E-state index contributed by atoms with van der Waals surface area (Å²) in [6.07, 6.45) is -1.15. The molecule has 2 aromatic rings. The normalized spacial score (nSPS) is 16.0. The molecule has 134 valence electrons. The Morgan fingerprint density at radius 1 is 1.00 bits per heavy atom. The molecule has 1 aliphatic rings. The molecule has 5 heteroatoms. The van der Waals surface area contributed by atoms with Crippen molar-refractivity contribution < 1.29 is 13.2 Å². The minimum Gasteiger partial charge on any atom is -0.329 e. The third-order valence-electron chi connectivity index (χ3n) is 4.91. The zero-order valence-electron chi connectivity index (χ0n) is 14.0. The summed E-state index contributed by atoms with van der Waals surface area (Å²) in [5, 5.41) is 3.39. The van der Waals surface area contributed by atoms with Crippen LogP contribution in [-0.2, 0) is 25.6 Å². The Balaban J connectivity index is 1.51. The van der Waals surface area contributed by atoms with E-state index in [1.165, 1.54) is 23.3 Å². The monoisotopic (exact) mass is 348 g/mol. The lowest BCUT2D eigenvalue weighted by Gasteiger charge is -2.20. The van der Waals surface area contributed by atoms with Crippen LogP contribution in [0.4, 0.5) is 13.2 Å². The summed E-state index contributed by atoms with van der Waals surface area (Å²) < 4.78 is 37.8. The molecule has 0 radical (unpaired) electrons. The van der Waals surface area contributed by atoms with Crippen LogP contribution in [0.1, 0.15) is 28.7 Å². The zero-order valence-corrected chi connectivity index (χ0v) is 14.0. The smallest absolute Gasteiger partial charge is 0.329 e. The van der Waals surface area contributed by atoms with E-state index in [1.54, 1.807) is 0 Å². The molecule has 1 atom stereocenters. The first-order valence-corrected chi connectivity index (χ1v) is 8.62. The average molecular weight is 348 g/mol. The summed E-state index contributed by atoms with van der Waals surface area (Å²) in [6, 6.07) is 14.0. The molecular formula is C20H23F3N2. The number of rotatable bonds is 6. The number of fused-ring (bicyclic) bond motifs is 1. The van der Waals surface area contributed by atoms with Gasteiger partial charge in [0.2, 0.25) is 0 Å². The van der Waals surface area contributed by atoms with Crippen LogP contribution >= 0.6 is 0 Å². The molecule has 0 aromatic heterocycles. The van der Waals surface area contributed by atoms with Gasteiger partial charge in [-0.1, -0.05) is 36.4 Å². The third kappa shape index (κ3) is 4.61. The van der Waals surface area contributed by atoms with E-state index >= 15 is 0 Å². The molecule has 0 saturated heterocycles. The molecule has 0 saturated carbocycles. The van der Waals surface area contributed by atoms with Crippen LogP contribution in [-0.4, -0.2) is 12.6 Å². The van der Waals surface area contributed by atoms with Crippen LogP contribution in [0.5, 0.6) is 0 Å². The maximum absolute atomic E-state index is 12.6. The van der Waals surface area contributed by atoms with Gasteiger partial charge in [-0.25, -0.2) is 0 Å². The second-order valence-electron chi connectivity index (χ2n) is 6.79. The van der Waals surface area contributed by atoms with Crippen molar-refractivity contribution in [3.05, 3.63) is 70.8 Å². The first kappa shape index (κ1) is 18.0. The van der Waals surface area contributed by atoms with E-state index < -0.39 is 11.7 Å². The fraction of sp³-hybridized carbons (Fsp3) is 0.400. The molecular weight excluding hydrogens is 325 g/mol. The summed E-state index contributed by atoms with van der Waals surface area (Å²) in [7, 11) is 0. The molecule has 3 rings (SSSR count).